The summed E-state index contributed by atoms with van der Waals surface area (Å²) in [5, 5.41) is 0. The number of hydrogen-bond donors (Lipinski definition) is 1. The monoisotopic (exact) mass is 331 g/mol. The Morgan fingerprint density at radius 2 is 2.17 bits per heavy atom. The molecule has 0 aliphatic heterocycles. The lowest BCUT2D eigenvalue weighted by Gasteiger charge is -2.24. The first-order valence-electron chi connectivity index (χ1n) is 5.83. The molecule has 5 heteroatoms. The maximum atomic E-state index is 11.8. The molecule has 1 N–H and O–H groups in total. The Hall–Kier alpha value is -0.580. The normalized spacial score (nSPS) is 27.2. The standard InChI is InChI=1S/C13H15BrClNO2/c1-18-12(17)13(16-15)7-6-10(8-13)9-2-4-11(14)5-3-9/h2-5,10,16H,6-8H2,1H3/t10-,13+/m0/s1. The van der Waals surface area contributed by atoms with Crippen LogP contribution in [0.4, 0.5) is 0 Å². The molecule has 1 aliphatic rings. The Morgan fingerprint density at radius 1 is 1.50 bits per heavy atom. The van der Waals surface area contributed by atoms with Crippen molar-refractivity contribution in [1.29, 1.82) is 0 Å². The molecular weight excluding hydrogens is 318 g/mol. The number of halogens is 2. The first kappa shape index (κ1) is 13.8. The second-order valence-electron chi connectivity index (χ2n) is 4.66. The second-order valence-corrected chi connectivity index (χ2v) is 5.76. The third kappa shape index (κ3) is 2.56. The fourth-order valence-corrected chi connectivity index (χ4v) is 3.08. The van der Waals surface area contributed by atoms with Gasteiger partial charge in [-0.25, -0.2) is 4.84 Å². The Kier molecular flexibility index (Phi) is 4.30. The second kappa shape index (κ2) is 5.59. The summed E-state index contributed by atoms with van der Waals surface area (Å²) < 4.78 is 5.89. The molecule has 2 atom stereocenters. The summed E-state index contributed by atoms with van der Waals surface area (Å²) in [4.78, 5) is 14.4. The van der Waals surface area contributed by atoms with Crippen LogP contribution in [0.3, 0.4) is 0 Å². The van der Waals surface area contributed by atoms with E-state index < -0.39 is 5.54 Å². The van der Waals surface area contributed by atoms with E-state index in [4.69, 9.17) is 16.5 Å². The number of nitrogens with one attached hydrogen (secondary N) is 1. The number of hydrogen-bond acceptors (Lipinski definition) is 3. The minimum atomic E-state index is -0.742. The molecule has 0 bridgehead atoms. The molecule has 0 saturated heterocycles. The van der Waals surface area contributed by atoms with Crippen LogP contribution in [0.5, 0.6) is 0 Å². The van der Waals surface area contributed by atoms with Gasteiger partial charge in [0.25, 0.3) is 0 Å². The van der Waals surface area contributed by atoms with E-state index in [1.54, 1.807) is 0 Å². The van der Waals surface area contributed by atoms with Crippen LogP contribution in [0, 0.1) is 0 Å². The predicted molar refractivity (Wildman–Crippen MR) is 74.5 cm³/mol. The zero-order valence-electron chi connectivity index (χ0n) is 10.1. The van der Waals surface area contributed by atoms with Gasteiger partial charge in [-0.15, -0.1) is 0 Å². The molecule has 2 rings (SSSR count). The number of methoxy groups -OCH3 is 1. The minimum absolute atomic E-state index is 0.280. The maximum Gasteiger partial charge on any atom is 0.327 e. The van der Waals surface area contributed by atoms with Crippen LogP contribution < -0.4 is 4.84 Å². The van der Waals surface area contributed by atoms with Gasteiger partial charge in [0.05, 0.1) is 7.11 Å². The largest absolute Gasteiger partial charge is 0.468 e. The molecular formula is C13H15BrClNO2. The highest BCUT2D eigenvalue weighted by Gasteiger charge is 2.46. The van der Waals surface area contributed by atoms with E-state index in [1.807, 2.05) is 12.1 Å². The lowest BCUT2D eigenvalue weighted by atomic mass is 9.93. The van der Waals surface area contributed by atoms with Crippen molar-refractivity contribution in [3.05, 3.63) is 34.3 Å². The summed E-state index contributed by atoms with van der Waals surface area (Å²) in [7, 11) is 1.39. The molecule has 1 saturated carbocycles. The van der Waals surface area contributed by atoms with E-state index in [1.165, 1.54) is 12.7 Å². The first-order valence-corrected chi connectivity index (χ1v) is 7.00. The smallest absolute Gasteiger partial charge is 0.327 e. The number of carbonyl (C=O) groups is 1. The first-order chi connectivity index (χ1) is 8.61. The Morgan fingerprint density at radius 3 is 2.72 bits per heavy atom. The van der Waals surface area contributed by atoms with Crippen molar-refractivity contribution in [1.82, 2.24) is 4.84 Å². The molecule has 0 radical (unpaired) electrons. The van der Waals surface area contributed by atoms with Crippen LogP contribution in [0.25, 0.3) is 0 Å². The minimum Gasteiger partial charge on any atom is -0.468 e. The molecule has 0 aromatic heterocycles. The van der Waals surface area contributed by atoms with Crippen LogP contribution in [0.15, 0.2) is 28.7 Å². The molecule has 1 aromatic rings. The van der Waals surface area contributed by atoms with E-state index in [-0.39, 0.29) is 5.97 Å². The topological polar surface area (TPSA) is 38.3 Å². The Balaban J connectivity index is 2.16. The fraction of sp³-hybridized carbons (Fsp3) is 0.462. The number of ether oxygens (including phenoxy) is 1. The SMILES string of the molecule is COC(=O)[C@@]1(NCl)CC[C@H](c2ccc(Br)cc2)C1. The van der Waals surface area contributed by atoms with Gasteiger partial charge in [0, 0.05) is 4.47 Å². The molecule has 1 aromatic carbocycles. The Labute approximate surface area is 120 Å². The molecule has 3 nitrogen and oxygen atoms in total. The van der Waals surface area contributed by atoms with Crippen molar-refractivity contribution in [2.45, 2.75) is 30.7 Å². The van der Waals surface area contributed by atoms with Crippen LogP contribution in [0.2, 0.25) is 0 Å². The van der Waals surface area contributed by atoms with E-state index in [0.717, 1.165) is 10.9 Å². The number of rotatable bonds is 3. The molecule has 1 aliphatic carbocycles. The highest BCUT2D eigenvalue weighted by atomic mass is 79.9. The molecule has 0 heterocycles. The van der Waals surface area contributed by atoms with Gasteiger partial charge in [-0.3, -0.25) is 4.79 Å². The van der Waals surface area contributed by atoms with Gasteiger partial charge >= 0.3 is 5.97 Å². The van der Waals surface area contributed by atoms with Gasteiger partial charge in [-0.1, -0.05) is 28.1 Å². The Bertz CT molecular complexity index is 437. The van der Waals surface area contributed by atoms with E-state index in [9.17, 15) is 4.79 Å². The molecule has 98 valence electrons. The van der Waals surface area contributed by atoms with Crippen molar-refractivity contribution in [2.24, 2.45) is 0 Å². The summed E-state index contributed by atoms with van der Waals surface area (Å²) in [6, 6.07) is 8.19. The fourth-order valence-electron chi connectivity index (χ4n) is 2.57. The lowest BCUT2D eigenvalue weighted by molar-refractivity contribution is -0.147. The average Bonchev–Trinajstić information content (AvgIpc) is 2.84. The van der Waals surface area contributed by atoms with Crippen molar-refractivity contribution < 1.29 is 9.53 Å². The summed E-state index contributed by atoms with van der Waals surface area (Å²) in [5.41, 5.74) is 0.490. The van der Waals surface area contributed by atoms with Gasteiger partial charge in [-0.05, 0) is 54.7 Å². The maximum absolute atomic E-state index is 11.8. The number of benzene rings is 1. The van der Waals surface area contributed by atoms with Gasteiger partial charge in [0.1, 0.15) is 5.54 Å². The van der Waals surface area contributed by atoms with Gasteiger partial charge in [0.15, 0.2) is 0 Å². The van der Waals surface area contributed by atoms with Crippen molar-refractivity contribution in [3.8, 4) is 0 Å². The summed E-state index contributed by atoms with van der Waals surface area (Å²) in [5.74, 6) is 0.0561. The molecule has 0 spiro atoms. The third-order valence-corrected chi connectivity index (χ3v) is 4.50. The van der Waals surface area contributed by atoms with Crippen molar-refractivity contribution >= 4 is 33.7 Å². The third-order valence-electron chi connectivity index (χ3n) is 3.61. The number of esters is 1. The summed E-state index contributed by atoms with van der Waals surface area (Å²) in [6.45, 7) is 0. The van der Waals surface area contributed by atoms with Crippen molar-refractivity contribution in [2.75, 3.05) is 7.11 Å². The quantitative estimate of drug-likeness (QED) is 0.681. The molecule has 18 heavy (non-hydrogen) atoms. The van der Waals surface area contributed by atoms with Crippen LogP contribution in [0.1, 0.15) is 30.7 Å². The van der Waals surface area contributed by atoms with Gasteiger partial charge in [-0.2, -0.15) is 0 Å². The highest BCUT2D eigenvalue weighted by Crippen LogP contribution is 2.42. The van der Waals surface area contributed by atoms with Crippen LogP contribution >= 0.6 is 27.7 Å². The van der Waals surface area contributed by atoms with E-state index in [2.05, 4.69) is 32.9 Å². The number of carbonyl (C=O) groups excluding carboxylic acids is 1. The zero-order chi connectivity index (χ0) is 13.2. The zero-order valence-corrected chi connectivity index (χ0v) is 12.4. The highest BCUT2D eigenvalue weighted by molar-refractivity contribution is 9.10. The van der Waals surface area contributed by atoms with Gasteiger partial charge < -0.3 is 4.74 Å². The molecule has 0 unspecified atom stereocenters. The summed E-state index contributed by atoms with van der Waals surface area (Å²) in [6.07, 6.45) is 2.30. The van der Waals surface area contributed by atoms with Crippen LogP contribution in [-0.4, -0.2) is 18.6 Å². The van der Waals surface area contributed by atoms with Gasteiger partial charge in [0.2, 0.25) is 0 Å². The molecule has 1 fully saturated rings. The molecule has 0 amide bonds. The van der Waals surface area contributed by atoms with E-state index >= 15 is 0 Å². The van der Waals surface area contributed by atoms with Crippen molar-refractivity contribution in [3.63, 3.8) is 0 Å². The lowest BCUT2D eigenvalue weighted by Crippen LogP contribution is -2.46. The predicted octanol–water partition coefficient (Wildman–Crippen LogP) is 3.37. The average molecular weight is 333 g/mol. The van der Waals surface area contributed by atoms with Crippen LogP contribution in [-0.2, 0) is 9.53 Å². The van der Waals surface area contributed by atoms with E-state index in [0.29, 0.717) is 18.8 Å². The summed E-state index contributed by atoms with van der Waals surface area (Å²) >= 11 is 9.17.